The van der Waals surface area contributed by atoms with Crippen molar-refractivity contribution in [1.29, 1.82) is 0 Å². The summed E-state index contributed by atoms with van der Waals surface area (Å²) in [6.07, 6.45) is -1.29. The van der Waals surface area contributed by atoms with Gasteiger partial charge in [0.25, 0.3) is 0 Å². The predicted octanol–water partition coefficient (Wildman–Crippen LogP) is 3.15. The normalized spacial score (nSPS) is 19.2. The number of nitrogens with one attached hydrogen (secondary N) is 1. The van der Waals surface area contributed by atoms with Crippen LogP contribution in [0.4, 0.5) is 10.5 Å². The summed E-state index contributed by atoms with van der Waals surface area (Å²) < 4.78 is 16.1. The highest BCUT2D eigenvalue weighted by atomic mass is 16.6. The van der Waals surface area contributed by atoms with E-state index >= 15 is 0 Å². The Bertz CT molecular complexity index is 930. The van der Waals surface area contributed by atoms with E-state index in [0.717, 1.165) is 5.56 Å². The number of ether oxygens (including phenoxy) is 3. The third-order valence-electron chi connectivity index (χ3n) is 4.98. The van der Waals surface area contributed by atoms with Gasteiger partial charge in [0.1, 0.15) is 17.5 Å². The van der Waals surface area contributed by atoms with Crippen LogP contribution in [0.25, 0.3) is 0 Å². The standard InChI is InChI=1S/C21H24N2O7/c1-21(2)19(24)18(22-20(25)29-10-9-13-7-5-4-6-8-13)14-11-17(28-3)15(23(26)27)12-16(14)30-21/h4-8,11-12,18-19,24H,9-10H2,1-3H3,(H,22,25). The van der Waals surface area contributed by atoms with Crippen LogP contribution < -0.4 is 14.8 Å². The summed E-state index contributed by atoms with van der Waals surface area (Å²) in [5.74, 6) is 0.186. The van der Waals surface area contributed by atoms with Gasteiger partial charge in [0.2, 0.25) is 0 Å². The van der Waals surface area contributed by atoms with E-state index in [1.165, 1.54) is 19.2 Å². The summed E-state index contributed by atoms with van der Waals surface area (Å²) in [6, 6.07) is 11.3. The fraction of sp³-hybridized carbons (Fsp3) is 0.381. The molecule has 3 rings (SSSR count). The number of hydrogen-bond donors (Lipinski definition) is 2. The van der Waals surface area contributed by atoms with E-state index in [0.29, 0.717) is 12.0 Å². The highest BCUT2D eigenvalue weighted by Crippen LogP contribution is 2.45. The van der Waals surface area contributed by atoms with Crippen molar-refractivity contribution in [1.82, 2.24) is 5.32 Å². The number of benzene rings is 2. The molecule has 9 nitrogen and oxygen atoms in total. The van der Waals surface area contributed by atoms with Gasteiger partial charge in [-0.3, -0.25) is 10.1 Å². The van der Waals surface area contributed by atoms with E-state index < -0.39 is 28.8 Å². The Morgan fingerprint density at radius 1 is 1.30 bits per heavy atom. The van der Waals surface area contributed by atoms with Crippen LogP contribution in [-0.4, -0.2) is 41.5 Å². The Morgan fingerprint density at radius 3 is 2.63 bits per heavy atom. The molecule has 0 bridgehead atoms. The Hall–Kier alpha value is -3.33. The summed E-state index contributed by atoms with van der Waals surface area (Å²) in [6.45, 7) is 3.42. The number of alkyl carbamates (subject to hydrolysis) is 1. The Kier molecular flexibility index (Phi) is 6.12. The van der Waals surface area contributed by atoms with Gasteiger partial charge in [-0.15, -0.1) is 0 Å². The first-order valence-corrected chi connectivity index (χ1v) is 9.43. The maximum atomic E-state index is 12.4. The largest absolute Gasteiger partial charge is 0.490 e. The molecule has 2 unspecified atom stereocenters. The van der Waals surface area contributed by atoms with Gasteiger partial charge in [-0.1, -0.05) is 30.3 Å². The molecule has 0 aliphatic carbocycles. The van der Waals surface area contributed by atoms with Crippen molar-refractivity contribution in [2.75, 3.05) is 13.7 Å². The number of carbonyl (C=O) groups excluding carboxylic acids is 1. The van der Waals surface area contributed by atoms with Crippen LogP contribution in [-0.2, 0) is 11.2 Å². The van der Waals surface area contributed by atoms with Crippen molar-refractivity contribution in [2.24, 2.45) is 0 Å². The van der Waals surface area contributed by atoms with E-state index in [2.05, 4.69) is 5.32 Å². The molecule has 2 aromatic rings. The predicted molar refractivity (Wildman–Crippen MR) is 108 cm³/mol. The Labute approximate surface area is 173 Å². The molecule has 0 radical (unpaired) electrons. The van der Waals surface area contributed by atoms with E-state index in [9.17, 15) is 20.0 Å². The summed E-state index contributed by atoms with van der Waals surface area (Å²) in [5, 5.41) is 24.7. The van der Waals surface area contributed by atoms with Crippen LogP contribution in [0.3, 0.4) is 0 Å². The van der Waals surface area contributed by atoms with E-state index in [1.807, 2.05) is 30.3 Å². The number of methoxy groups -OCH3 is 1. The number of rotatable bonds is 6. The van der Waals surface area contributed by atoms with Crippen molar-refractivity contribution in [3.8, 4) is 11.5 Å². The average molecular weight is 416 g/mol. The molecule has 30 heavy (non-hydrogen) atoms. The molecule has 1 aliphatic heterocycles. The Balaban J connectivity index is 1.79. The molecule has 160 valence electrons. The van der Waals surface area contributed by atoms with Gasteiger partial charge in [0.05, 0.1) is 30.7 Å². The minimum absolute atomic E-state index is 0.00139. The molecule has 0 aromatic heterocycles. The van der Waals surface area contributed by atoms with Crippen molar-refractivity contribution in [3.63, 3.8) is 0 Å². The molecule has 1 aliphatic rings. The minimum Gasteiger partial charge on any atom is -0.490 e. The average Bonchev–Trinajstić information content (AvgIpc) is 2.71. The number of nitro benzene ring substituents is 1. The first kappa shape index (κ1) is 21.4. The second-order valence-electron chi connectivity index (χ2n) is 7.46. The SMILES string of the molecule is COc1cc2c(cc1[N+](=O)[O-])OC(C)(C)C(O)C2NC(=O)OCCc1ccccc1. The van der Waals surface area contributed by atoms with E-state index in [-0.39, 0.29) is 23.8 Å². The Morgan fingerprint density at radius 2 is 2.00 bits per heavy atom. The molecule has 0 fully saturated rings. The zero-order chi connectivity index (χ0) is 21.9. The molecule has 1 amide bonds. The topological polar surface area (TPSA) is 120 Å². The number of amides is 1. The lowest BCUT2D eigenvalue weighted by molar-refractivity contribution is -0.385. The molecule has 0 saturated heterocycles. The van der Waals surface area contributed by atoms with Crippen molar-refractivity contribution >= 4 is 11.8 Å². The first-order valence-electron chi connectivity index (χ1n) is 9.43. The number of carbonyl (C=O) groups is 1. The van der Waals surface area contributed by atoms with Crippen LogP contribution in [0.5, 0.6) is 11.5 Å². The van der Waals surface area contributed by atoms with E-state index in [1.54, 1.807) is 13.8 Å². The number of hydrogen-bond acceptors (Lipinski definition) is 7. The lowest BCUT2D eigenvalue weighted by Crippen LogP contribution is -2.53. The summed E-state index contributed by atoms with van der Waals surface area (Å²) in [7, 11) is 1.30. The maximum absolute atomic E-state index is 12.4. The highest BCUT2D eigenvalue weighted by molar-refractivity contribution is 5.69. The van der Waals surface area contributed by atoms with Gasteiger partial charge < -0.3 is 24.6 Å². The van der Waals surface area contributed by atoms with Crippen LogP contribution in [0, 0.1) is 10.1 Å². The molecule has 2 atom stereocenters. The molecule has 1 heterocycles. The quantitative estimate of drug-likeness (QED) is 0.548. The molecule has 0 saturated carbocycles. The number of aliphatic hydroxyl groups is 1. The zero-order valence-corrected chi connectivity index (χ0v) is 17.0. The third-order valence-corrected chi connectivity index (χ3v) is 4.98. The summed E-state index contributed by atoms with van der Waals surface area (Å²) in [5.41, 5.74) is 0.0223. The number of aliphatic hydroxyl groups excluding tert-OH is 1. The molecular formula is C21H24N2O7. The summed E-state index contributed by atoms with van der Waals surface area (Å²) in [4.78, 5) is 23.1. The molecule has 0 spiro atoms. The summed E-state index contributed by atoms with van der Waals surface area (Å²) >= 11 is 0. The van der Waals surface area contributed by atoms with E-state index in [4.69, 9.17) is 14.2 Å². The number of nitro groups is 1. The van der Waals surface area contributed by atoms with Crippen molar-refractivity contribution < 1.29 is 29.0 Å². The molecular weight excluding hydrogens is 392 g/mol. The van der Waals surface area contributed by atoms with Gasteiger partial charge in [0.15, 0.2) is 5.75 Å². The van der Waals surface area contributed by atoms with Crippen LogP contribution in [0.2, 0.25) is 0 Å². The molecule has 9 heteroatoms. The smallest absolute Gasteiger partial charge is 0.407 e. The zero-order valence-electron chi connectivity index (χ0n) is 17.0. The fourth-order valence-corrected chi connectivity index (χ4v) is 3.35. The van der Waals surface area contributed by atoms with Crippen LogP contribution in [0.15, 0.2) is 42.5 Å². The minimum atomic E-state index is -1.13. The molecule has 2 N–H and O–H groups in total. The second-order valence-corrected chi connectivity index (χ2v) is 7.46. The van der Waals surface area contributed by atoms with Crippen LogP contribution >= 0.6 is 0 Å². The van der Waals surface area contributed by atoms with Gasteiger partial charge in [0, 0.05) is 12.0 Å². The maximum Gasteiger partial charge on any atom is 0.407 e. The van der Waals surface area contributed by atoms with Gasteiger partial charge in [-0.25, -0.2) is 4.79 Å². The number of fused-ring (bicyclic) bond motifs is 1. The number of nitrogens with zero attached hydrogens (tertiary/aromatic N) is 1. The lowest BCUT2D eigenvalue weighted by atomic mass is 9.86. The molecule has 2 aromatic carbocycles. The highest BCUT2D eigenvalue weighted by Gasteiger charge is 2.45. The fourth-order valence-electron chi connectivity index (χ4n) is 3.35. The second kappa shape index (κ2) is 8.58. The van der Waals surface area contributed by atoms with Crippen molar-refractivity contribution in [2.45, 2.75) is 38.0 Å². The van der Waals surface area contributed by atoms with Gasteiger partial charge in [-0.2, -0.15) is 0 Å². The third kappa shape index (κ3) is 4.46. The monoisotopic (exact) mass is 416 g/mol. The van der Waals surface area contributed by atoms with Gasteiger partial charge >= 0.3 is 11.8 Å². The first-order chi connectivity index (χ1) is 14.2. The lowest BCUT2D eigenvalue weighted by Gasteiger charge is -2.42. The van der Waals surface area contributed by atoms with Crippen molar-refractivity contribution in [3.05, 3.63) is 63.7 Å². The van der Waals surface area contributed by atoms with Crippen LogP contribution in [0.1, 0.15) is 31.0 Å². The van der Waals surface area contributed by atoms with Gasteiger partial charge in [-0.05, 0) is 25.5 Å².